The van der Waals surface area contributed by atoms with Crippen LogP contribution in [-0.2, 0) is 19.3 Å². The zero-order valence-corrected chi connectivity index (χ0v) is 23.9. The van der Waals surface area contributed by atoms with Gasteiger partial charge in [0, 0.05) is 37.6 Å². The average molecular weight is 546 g/mol. The van der Waals surface area contributed by atoms with Crippen LogP contribution in [0.5, 0.6) is 0 Å². The fraction of sp³-hybridized carbons (Fsp3) is 0.321. The first-order chi connectivity index (χ1) is 18.2. The third-order valence-electron chi connectivity index (χ3n) is 7.40. The molecule has 0 bridgehead atoms. The fourth-order valence-corrected chi connectivity index (χ4v) is 5.64. The number of carbonyl (C=O) groups is 1. The summed E-state index contributed by atoms with van der Waals surface area (Å²) in [4.78, 5) is 23.4. The molecule has 0 atom stereocenters. The van der Waals surface area contributed by atoms with Crippen LogP contribution in [0.2, 0.25) is 0 Å². The average Bonchev–Trinajstić information content (AvgIpc) is 3.37. The van der Waals surface area contributed by atoms with E-state index in [-0.39, 0.29) is 16.4 Å². The molecule has 0 aliphatic carbocycles. The van der Waals surface area contributed by atoms with Crippen LogP contribution in [0, 0.1) is 6.92 Å². The van der Waals surface area contributed by atoms with Gasteiger partial charge in [-0.15, -0.1) is 0 Å². The third-order valence-corrected chi connectivity index (χ3v) is 9.07. The van der Waals surface area contributed by atoms with Crippen molar-refractivity contribution in [2.75, 3.05) is 14.1 Å². The Morgan fingerprint density at radius 2 is 1.54 bits per heavy atom. The van der Waals surface area contributed by atoms with Crippen molar-refractivity contribution in [3.05, 3.63) is 72.1 Å². The van der Waals surface area contributed by atoms with E-state index in [1.165, 1.54) is 17.3 Å². The van der Waals surface area contributed by atoms with E-state index in [9.17, 15) is 13.2 Å². The van der Waals surface area contributed by atoms with Crippen molar-refractivity contribution >= 4 is 39.8 Å². The molecule has 39 heavy (non-hydrogen) atoms. The number of rotatable bonds is 5. The Bertz CT molecular complexity index is 1660. The van der Waals surface area contributed by atoms with Gasteiger partial charge in [-0.1, -0.05) is 29.8 Å². The zero-order valence-electron chi connectivity index (χ0n) is 23.1. The van der Waals surface area contributed by atoms with Crippen molar-refractivity contribution in [3.63, 3.8) is 0 Å². The molecule has 202 valence electrons. The minimum absolute atomic E-state index is 0.131. The maximum atomic E-state index is 13.7. The molecular weight excluding hydrogens is 515 g/mol. The summed E-state index contributed by atoms with van der Waals surface area (Å²) < 4.78 is 41.0. The molecular formula is C28H31BN4O5S. The van der Waals surface area contributed by atoms with Crippen molar-refractivity contribution in [2.45, 2.75) is 50.7 Å². The molecule has 0 saturated carbocycles. The van der Waals surface area contributed by atoms with Crippen LogP contribution in [0.25, 0.3) is 22.3 Å². The van der Waals surface area contributed by atoms with Gasteiger partial charge >= 0.3 is 7.12 Å². The summed E-state index contributed by atoms with van der Waals surface area (Å²) in [7, 11) is -1.37. The third kappa shape index (κ3) is 4.64. The molecule has 1 saturated heterocycles. The Morgan fingerprint density at radius 1 is 0.949 bits per heavy atom. The quantitative estimate of drug-likeness (QED) is 0.352. The fourth-order valence-electron chi connectivity index (χ4n) is 4.32. The summed E-state index contributed by atoms with van der Waals surface area (Å²) in [5.41, 5.74) is 2.55. The van der Waals surface area contributed by atoms with Crippen LogP contribution in [0.4, 0.5) is 0 Å². The van der Waals surface area contributed by atoms with Crippen molar-refractivity contribution in [1.82, 2.24) is 18.8 Å². The first-order valence-corrected chi connectivity index (χ1v) is 14.0. The maximum Gasteiger partial charge on any atom is 0.516 e. The number of fused-ring (bicyclic) bond motifs is 1. The van der Waals surface area contributed by atoms with Crippen LogP contribution in [0.3, 0.4) is 0 Å². The van der Waals surface area contributed by atoms with E-state index >= 15 is 0 Å². The van der Waals surface area contributed by atoms with Crippen molar-refractivity contribution in [2.24, 2.45) is 0 Å². The Morgan fingerprint density at radius 3 is 2.10 bits per heavy atom. The highest BCUT2D eigenvalue weighted by Gasteiger charge is 2.52. The number of hydrogen-bond acceptors (Lipinski definition) is 7. The lowest BCUT2D eigenvalue weighted by atomic mass is 9.85. The normalized spacial score (nSPS) is 16.5. The van der Waals surface area contributed by atoms with Crippen LogP contribution < -0.4 is 5.59 Å². The predicted octanol–water partition coefficient (Wildman–Crippen LogP) is 3.64. The van der Waals surface area contributed by atoms with Gasteiger partial charge in [0.2, 0.25) is 0 Å². The Kier molecular flexibility index (Phi) is 6.44. The number of hydrogen-bond donors (Lipinski definition) is 0. The van der Waals surface area contributed by atoms with E-state index in [0.29, 0.717) is 27.8 Å². The molecule has 5 rings (SSSR count). The second-order valence-electron chi connectivity index (χ2n) is 11.0. The number of aromatic nitrogens is 3. The standard InChI is InChI=1S/C28H31BN4O5S/c1-18-8-14-21(15-9-18)39(35,36)33-17-22(19-10-12-20(13-11-19)26(34)32(6)7)24-25(33)30-16-23(31-24)29-37-27(2,3)28(4,5)38-29/h8-17H,1-7H3. The van der Waals surface area contributed by atoms with Crippen molar-refractivity contribution in [3.8, 4) is 11.1 Å². The van der Waals surface area contributed by atoms with Gasteiger partial charge in [0.15, 0.2) is 5.65 Å². The molecule has 1 aliphatic rings. The minimum atomic E-state index is -3.98. The molecule has 1 fully saturated rings. The number of aryl methyl sites for hydroxylation is 1. The van der Waals surface area contributed by atoms with Gasteiger partial charge < -0.3 is 14.2 Å². The molecule has 0 spiro atoms. The first-order valence-electron chi connectivity index (χ1n) is 12.6. The van der Waals surface area contributed by atoms with Crippen LogP contribution in [0.1, 0.15) is 43.6 Å². The summed E-state index contributed by atoms with van der Waals surface area (Å²) in [6, 6.07) is 13.6. The minimum Gasteiger partial charge on any atom is -0.398 e. The second kappa shape index (κ2) is 9.29. The smallest absolute Gasteiger partial charge is 0.398 e. The number of carbonyl (C=O) groups excluding carboxylic acids is 1. The maximum absolute atomic E-state index is 13.7. The number of benzene rings is 2. The lowest BCUT2D eigenvalue weighted by molar-refractivity contribution is 0.00578. The van der Waals surface area contributed by atoms with Gasteiger partial charge in [-0.3, -0.25) is 9.78 Å². The summed E-state index contributed by atoms with van der Waals surface area (Å²) in [6.45, 7) is 9.70. The molecule has 9 nitrogen and oxygen atoms in total. The van der Waals surface area contributed by atoms with E-state index in [0.717, 1.165) is 9.54 Å². The van der Waals surface area contributed by atoms with E-state index in [2.05, 4.69) is 4.98 Å². The summed E-state index contributed by atoms with van der Waals surface area (Å²) in [6.07, 6.45) is 3.02. The highest BCUT2D eigenvalue weighted by Crippen LogP contribution is 2.37. The molecule has 0 N–H and O–H groups in total. The van der Waals surface area contributed by atoms with E-state index in [1.807, 2.05) is 34.6 Å². The molecule has 11 heteroatoms. The first kappa shape index (κ1) is 27.0. The van der Waals surface area contributed by atoms with Gasteiger partial charge in [0.05, 0.1) is 21.7 Å². The van der Waals surface area contributed by atoms with E-state index in [4.69, 9.17) is 14.3 Å². The van der Waals surface area contributed by atoms with Gasteiger partial charge in [-0.2, -0.15) is 0 Å². The molecule has 0 radical (unpaired) electrons. The Labute approximate surface area is 229 Å². The summed E-state index contributed by atoms with van der Waals surface area (Å²) in [5, 5.41) is 0. The van der Waals surface area contributed by atoms with Gasteiger partial charge in [0.25, 0.3) is 15.9 Å². The van der Waals surface area contributed by atoms with Crippen LogP contribution in [-0.4, -0.2) is 65.6 Å². The Balaban J connectivity index is 1.68. The summed E-state index contributed by atoms with van der Waals surface area (Å²) >= 11 is 0. The van der Waals surface area contributed by atoms with Gasteiger partial charge in [0.1, 0.15) is 5.52 Å². The number of amides is 1. The molecule has 2 aromatic heterocycles. The highest BCUT2D eigenvalue weighted by molar-refractivity contribution is 7.90. The van der Waals surface area contributed by atoms with Crippen LogP contribution in [0.15, 0.2) is 65.8 Å². The molecule has 1 aliphatic heterocycles. The van der Waals surface area contributed by atoms with E-state index in [1.54, 1.807) is 62.6 Å². The lowest BCUT2D eigenvalue weighted by Gasteiger charge is -2.32. The highest BCUT2D eigenvalue weighted by atomic mass is 32.2. The zero-order chi connectivity index (χ0) is 28.3. The molecule has 4 aromatic rings. The van der Waals surface area contributed by atoms with Crippen molar-refractivity contribution < 1.29 is 22.5 Å². The van der Waals surface area contributed by atoms with Gasteiger partial charge in [-0.25, -0.2) is 17.4 Å². The van der Waals surface area contributed by atoms with Crippen LogP contribution >= 0.6 is 0 Å². The number of nitrogens with zero attached hydrogens (tertiary/aromatic N) is 4. The summed E-state index contributed by atoms with van der Waals surface area (Å²) in [5.74, 6) is -0.131. The molecule has 1 amide bonds. The predicted molar refractivity (Wildman–Crippen MR) is 150 cm³/mol. The molecule has 3 heterocycles. The monoisotopic (exact) mass is 546 g/mol. The SMILES string of the molecule is Cc1ccc(S(=O)(=O)n2cc(-c3ccc(C(=O)N(C)C)cc3)c3nc(B4OC(C)(C)C(C)(C)O4)cnc32)cc1. The van der Waals surface area contributed by atoms with E-state index < -0.39 is 28.3 Å². The molecule has 0 unspecified atom stereocenters. The largest absolute Gasteiger partial charge is 0.516 e. The topological polar surface area (TPSA) is 104 Å². The molecule has 2 aromatic carbocycles. The van der Waals surface area contributed by atoms with Crippen molar-refractivity contribution in [1.29, 1.82) is 0 Å². The second-order valence-corrected chi connectivity index (χ2v) is 12.8. The Hall–Kier alpha value is -3.54. The lowest BCUT2D eigenvalue weighted by Crippen LogP contribution is -2.41. The van der Waals surface area contributed by atoms with Gasteiger partial charge in [-0.05, 0) is 64.4 Å².